The average Bonchev–Trinajstić information content (AvgIpc) is 3.37. The van der Waals surface area contributed by atoms with E-state index in [1.165, 1.54) is 11.1 Å². The van der Waals surface area contributed by atoms with Gasteiger partial charge in [-0.3, -0.25) is 0 Å². The van der Waals surface area contributed by atoms with Gasteiger partial charge in [0, 0.05) is 16.5 Å². The van der Waals surface area contributed by atoms with E-state index in [1.807, 2.05) is 18.2 Å². The van der Waals surface area contributed by atoms with Crippen LogP contribution in [0.4, 0.5) is 0 Å². The van der Waals surface area contributed by atoms with E-state index in [4.69, 9.17) is 19.3 Å². The first-order valence-corrected chi connectivity index (χ1v) is 16.8. The van der Waals surface area contributed by atoms with Gasteiger partial charge in [-0.05, 0) is 72.6 Å². The zero-order valence-corrected chi connectivity index (χ0v) is 28.2. The minimum atomic E-state index is -0.359. The summed E-state index contributed by atoms with van der Waals surface area (Å²) in [5.74, 6) is 0.715. The van der Waals surface area contributed by atoms with Crippen LogP contribution >= 0.6 is 0 Å². The van der Waals surface area contributed by atoms with Crippen molar-refractivity contribution in [3.8, 4) is 56.0 Å². The lowest BCUT2D eigenvalue weighted by atomic mass is 9.78. The first kappa shape index (κ1) is 30.9. The third-order valence-electron chi connectivity index (χ3n) is 10.00. The van der Waals surface area contributed by atoms with E-state index in [9.17, 15) is 0 Å². The second-order valence-corrected chi connectivity index (χ2v) is 13.7. The van der Waals surface area contributed by atoms with Gasteiger partial charge < -0.3 is 9.31 Å². The first-order valence-electron chi connectivity index (χ1n) is 16.8. The van der Waals surface area contributed by atoms with Crippen molar-refractivity contribution in [1.82, 2.24) is 9.97 Å². The first-order chi connectivity index (χ1) is 23.7. The molecule has 4 nitrogen and oxygen atoms in total. The van der Waals surface area contributed by atoms with Crippen molar-refractivity contribution in [3.63, 3.8) is 0 Å². The Labute approximate surface area is 288 Å². The molecule has 8 rings (SSSR count). The molecule has 0 N–H and O–H groups in total. The van der Waals surface area contributed by atoms with Gasteiger partial charge in [0.05, 0.1) is 22.4 Å². The normalized spacial score (nSPS) is 15.1. The van der Waals surface area contributed by atoms with Crippen molar-refractivity contribution in [2.24, 2.45) is 0 Å². The highest BCUT2D eigenvalue weighted by Gasteiger charge is 2.51. The molecule has 1 aliphatic rings. The predicted molar refractivity (Wildman–Crippen MR) is 202 cm³/mol. The Kier molecular flexibility index (Phi) is 7.75. The monoisotopic (exact) mass is 636 g/mol. The largest absolute Gasteiger partial charge is 0.494 e. The molecular formula is C44H37BN2O2. The summed E-state index contributed by atoms with van der Waals surface area (Å²) in [6, 6.07) is 53.0. The minimum Gasteiger partial charge on any atom is -0.399 e. The Morgan fingerprint density at radius 1 is 0.408 bits per heavy atom. The van der Waals surface area contributed by atoms with Crippen LogP contribution in [0.15, 0.2) is 152 Å². The van der Waals surface area contributed by atoms with Crippen LogP contribution in [-0.4, -0.2) is 28.3 Å². The number of aromatic nitrogens is 2. The van der Waals surface area contributed by atoms with E-state index in [2.05, 4.69) is 161 Å². The lowest BCUT2D eigenvalue weighted by Gasteiger charge is -2.32. The summed E-state index contributed by atoms with van der Waals surface area (Å²) in [5.41, 5.74) is 11.2. The molecule has 0 bridgehead atoms. The number of fused-ring (bicyclic) bond motifs is 1. The highest BCUT2D eigenvalue weighted by atomic mass is 16.7. The van der Waals surface area contributed by atoms with Gasteiger partial charge in [-0.1, -0.05) is 146 Å². The highest BCUT2D eigenvalue weighted by molar-refractivity contribution is 6.62. The van der Waals surface area contributed by atoms with Crippen molar-refractivity contribution < 1.29 is 9.31 Å². The van der Waals surface area contributed by atoms with Crippen molar-refractivity contribution in [2.75, 3.05) is 0 Å². The summed E-state index contributed by atoms with van der Waals surface area (Å²) in [6.45, 7) is 8.32. The molecule has 0 amide bonds. The summed E-state index contributed by atoms with van der Waals surface area (Å²) in [6.07, 6.45) is 0. The molecule has 0 atom stereocenters. The molecule has 7 aromatic rings. The SMILES string of the molecule is CC1(C)OB(c2ccc(-c3ccc(-c4ccc(-c5nc(-c6ccc(-c7ccccc7)cc6)c6ccccc6n5)cc4)cc3)cc2)OC1(C)C. The van der Waals surface area contributed by atoms with Crippen LogP contribution in [0.5, 0.6) is 0 Å². The lowest BCUT2D eigenvalue weighted by molar-refractivity contribution is 0.00578. The second-order valence-electron chi connectivity index (χ2n) is 13.7. The summed E-state index contributed by atoms with van der Waals surface area (Å²) in [4.78, 5) is 10.1. The standard InChI is InChI=1S/C44H37BN2O2/c1-43(2)44(3,4)49-45(48-43)38-28-26-35(27-29-38)33-16-14-32(15-17-33)34-20-24-37(25-21-34)42-46-40-13-9-8-12-39(40)41(47-42)36-22-18-31(19-23-36)30-10-6-5-7-11-30/h5-29H,1-4H3. The van der Waals surface area contributed by atoms with Gasteiger partial charge in [0.25, 0.3) is 0 Å². The van der Waals surface area contributed by atoms with Crippen molar-refractivity contribution in [1.29, 1.82) is 0 Å². The Morgan fingerprint density at radius 2 is 0.816 bits per heavy atom. The van der Waals surface area contributed by atoms with E-state index in [-0.39, 0.29) is 18.3 Å². The topological polar surface area (TPSA) is 44.2 Å². The average molecular weight is 637 g/mol. The van der Waals surface area contributed by atoms with Gasteiger partial charge in [-0.15, -0.1) is 0 Å². The van der Waals surface area contributed by atoms with Crippen LogP contribution in [0, 0.1) is 0 Å². The zero-order valence-electron chi connectivity index (χ0n) is 28.2. The molecule has 0 saturated carbocycles. The number of nitrogens with zero attached hydrogens (tertiary/aromatic N) is 2. The fourth-order valence-electron chi connectivity index (χ4n) is 6.36. The molecule has 6 aromatic carbocycles. The van der Waals surface area contributed by atoms with Gasteiger partial charge >= 0.3 is 7.12 Å². The van der Waals surface area contributed by atoms with Crippen LogP contribution in [0.2, 0.25) is 0 Å². The second kappa shape index (κ2) is 12.3. The Hall–Kier alpha value is -5.36. The minimum absolute atomic E-state index is 0.355. The maximum absolute atomic E-state index is 6.23. The number of benzene rings is 6. The summed E-state index contributed by atoms with van der Waals surface area (Å²) in [5, 5.41) is 1.04. The van der Waals surface area contributed by atoms with Crippen LogP contribution < -0.4 is 5.46 Å². The molecule has 2 heterocycles. The van der Waals surface area contributed by atoms with E-state index >= 15 is 0 Å². The molecule has 238 valence electrons. The maximum Gasteiger partial charge on any atom is 0.494 e. The molecule has 1 aliphatic heterocycles. The number of hydrogen-bond acceptors (Lipinski definition) is 4. The van der Waals surface area contributed by atoms with E-state index in [1.54, 1.807) is 0 Å². The Morgan fingerprint density at radius 3 is 1.35 bits per heavy atom. The van der Waals surface area contributed by atoms with Crippen LogP contribution in [0.25, 0.3) is 66.9 Å². The van der Waals surface area contributed by atoms with Crippen LogP contribution in [0.3, 0.4) is 0 Å². The maximum atomic E-state index is 6.23. The molecular weight excluding hydrogens is 599 g/mol. The third-order valence-corrected chi connectivity index (χ3v) is 10.00. The Bertz CT molecular complexity index is 2230. The molecule has 5 heteroatoms. The molecule has 1 fully saturated rings. The molecule has 1 aromatic heterocycles. The zero-order chi connectivity index (χ0) is 33.6. The van der Waals surface area contributed by atoms with Gasteiger partial charge in [0.2, 0.25) is 0 Å². The van der Waals surface area contributed by atoms with E-state index < -0.39 is 0 Å². The molecule has 1 saturated heterocycles. The molecule has 0 radical (unpaired) electrons. The fourth-order valence-corrected chi connectivity index (χ4v) is 6.36. The smallest absolute Gasteiger partial charge is 0.399 e. The fraction of sp³-hybridized carbons (Fsp3) is 0.136. The lowest BCUT2D eigenvalue weighted by Crippen LogP contribution is -2.41. The molecule has 0 spiro atoms. The number of hydrogen-bond donors (Lipinski definition) is 0. The summed E-state index contributed by atoms with van der Waals surface area (Å²) < 4.78 is 12.5. The van der Waals surface area contributed by atoms with Crippen LogP contribution in [-0.2, 0) is 9.31 Å². The number of para-hydroxylation sites is 1. The quantitative estimate of drug-likeness (QED) is 0.171. The third kappa shape index (κ3) is 5.97. The van der Waals surface area contributed by atoms with E-state index in [0.717, 1.165) is 55.4 Å². The summed E-state index contributed by atoms with van der Waals surface area (Å²) >= 11 is 0. The van der Waals surface area contributed by atoms with Crippen molar-refractivity contribution >= 4 is 23.5 Å². The van der Waals surface area contributed by atoms with Gasteiger partial charge in [0.15, 0.2) is 5.82 Å². The van der Waals surface area contributed by atoms with Crippen LogP contribution in [0.1, 0.15) is 27.7 Å². The molecule has 0 unspecified atom stereocenters. The van der Waals surface area contributed by atoms with E-state index in [0.29, 0.717) is 5.82 Å². The van der Waals surface area contributed by atoms with Gasteiger partial charge in [0.1, 0.15) is 0 Å². The predicted octanol–water partition coefficient (Wildman–Crippen LogP) is 10.3. The van der Waals surface area contributed by atoms with Crippen molar-refractivity contribution in [2.45, 2.75) is 38.9 Å². The van der Waals surface area contributed by atoms with Gasteiger partial charge in [-0.2, -0.15) is 0 Å². The molecule has 49 heavy (non-hydrogen) atoms. The Balaban J connectivity index is 1.02. The van der Waals surface area contributed by atoms with Gasteiger partial charge in [-0.25, -0.2) is 9.97 Å². The summed E-state index contributed by atoms with van der Waals surface area (Å²) in [7, 11) is -0.359. The highest BCUT2D eigenvalue weighted by Crippen LogP contribution is 2.37. The molecule has 0 aliphatic carbocycles. The van der Waals surface area contributed by atoms with Crippen molar-refractivity contribution in [3.05, 3.63) is 152 Å². The number of rotatable bonds is 6.